The summed E-state index contributed by atoms with van der Waals surface area (Å²) in [4.78, 5) is 38.2. The van der Waals surface area contributed by atoms with Crippen molar-refractivity contribution in [3.8, 4) is 0 Å². The molecule has 0 N–H and O–H groups in total. The molecular formula is C65H110O6. The van der Waals surface area contributed by atoms with Gasteiger partial charge in [-0.25, -0.2) is 0 Å². The molecule has 0 fully saturated rings. The molecule has 0 aliphatic heterocycles. The van der Waals surface area contributed by atoms with Gasteiger partial charge in [-0.2, -0.15) is 0 Å². The highest BCUT2D eigenvalue weighted by molar-refractivity contribution is 5.71. The van der Waals surface area contributed by atoms with Gasteiger partial charge in [0, 0.05) is 19.3 Å². The summed E-state index contributed by atoms with van der Waals surface area (Å²) in [5.74, 6) is -0.994. The van der Waals surface area contributed by atoms with Crippen LogP contribution in [0.2, 0.25) is 0 Å². The van der Waals surface area contributed by atoms with Gasteiger partial charge in [-0.05, 0) is 116 Å². The van der Waals surface area contributed by atoms with Gasteiger partial charge in [-0.3, -0.25) is 14.4 Å². The molecule has 71 heavy (non-hydrogen) atoms. The lowest BCUT2D eigenvalue weighted by molar-refractivity contribution is -0.166. The van der Waals surface area contributed by atoms with Crippen molar-refractivity contribution in [1.29, 1.82) is 0 Å². The average Bonchev–Trinajstić information content (AvgIpc) is 3.37. The molecule has 0 rings (SSSR count). The first-order valence-electron chi connectivity index (χ1n) is 29.7. The topological polar surface area (TPSA) is 78.9 Å². The predicted molar refractivity (Wildman–Crippen MR) is 307 cm³/mol. The van der Waals surface area contributed by atoms with Gasteiger partial charge in [0.1, 0.15) is 13.2 Å². The van der Waals surface area contributed by atoms with E-state index in [2.05, 4.69) is 112 Å². The number of rotatable bonds is 53. The van der Waals surface area contributed by atoms with Crippen molar-refractivity contribution in [2.24, 2.45) is 0 Å². The van der Waals surface area contributed by atoms with Gasteiger partial charge < -0.3 is 14.2 Å². The van der Waals surface area contributed by atoms with Crippen LogP contribution in [-0.4, -0.2) is 37.2 Å². The van der Waals surface area contributed by atoms with Crippen molar-refractivity contribution in [2.75, 3.05) is 13.2 Å². The van der Waals surface area contributed by atoms with Crippen LogP contribution >= 0.6 is 0 Å². The molecule has 0 spiro atoms. The minimum atomic E-state index is -0.813. The highest BCUT2D eigenvalue weighted by Gasteiger charge is 2.19. The maximum Gasteiger partial charge on any atom is 0.306 e. The second-order valence-corrected chi connectivity index (χ2v) is 19.5. The molecule has 0 bridgehead atoms. The second-order valence-electron chi connectivity index (χ2n) is 19.5. The van der Waals surface area contributed by atoms with Crippen LogP contribution in [0.25, 0.3) is 0 Å². The van der Waals surface area contributed by atoms with Gasteiger partial charge in [-0.1, -0.05) is 240 Å². The normalized spacial score (nSPS) is 12.8. The Kier molecular flexibility index (Phi) is 55.9. The predicted octanol–water partition coefficient (Wildman–Crippen LogP) is 20.1. The third-order valence-electron chi connectivity index (χ3n) is 12.5. The molecule has 0 aromatic heterocycles. The third-order valence-corrected chi connectivity index (χ3v) is 12.5. The van der Waals surface area contributed by atoms with E-state index in [1.54, 1.807) is 0 Å². The van der Waals surface area contributed by atoms with Crippen LogP contribution in [0.5, 0.6) is 0 Å². The number of unbranched alkanes of at least 4 members (excludes halogenated alkanes) is 26. The van der Waals surface area contributed by atoms with Crippen LogP contribution in [0.3, 0.4) is 0 Å². The second kappa shape index (κ2) is 58.9. The summed E-state index contributed by atoms with van der Waals surface area (Å²) in [6.45, 7) is 6.52. The molecule has 0 saturated carbocycles. The number of hydrogen-bond acceptors (Lipinski definition) is 6. The Bertz CT molecular complexity index is 1410. The number of ether oxygens (including phenoxy) is 3. The molecule has 6 heteroatoms. The quantitative estimate of drug-likeness (QED) is 0.0261. The van der Waals surface area contributed by atoms with E-state index in [9.17, 15) is 14.4 Å². The van der Waals surface area contributed by atoms with Crippen LogP contribution in [-0.2, 0) is 28.6 Å². The van der Waals surface area contributed by atoms with Crippen molar-refractivity contribution >= 4 is 17.9 Å². The molecule has 0 aromatic carbocycles. The van der Waals surface area contributed by atoms with E-state index in [4.69, 9.17) is 14.2 Å². The van der Waals surface area contributed by atoms with Crippen molar-refractivity contribution in [3.63, 3.8) is 0 Å². The maximum absolute atomic E-state index is 12.9. The van der Waals surface area contributed by atoms with Crippen molar-refractivity contribution in [1.82, 2.24) is 0 Å². The minimum Gasteiger partial charge on any atom is -0.462 e. The zero-order chi connectivity index (χ0) is 51.4. The summed E-state index contributed by atoms with van der Waals surface area (Å²) < 4.78 is 16.8. The standard InChI is InChI=1S/C65H110O6/c1-4-7-10-13-16-19-22-25-28-30-32-34-37-39-42-45-48-51-54-57-63(66)69-60-62(71-65(68)59-56-53-50-47-44-41-36-27-24-21-18-15-12-9-6-3)61-70-64(67)58-55-52-49-46-43-40-38-35-33-31-29-26-23-20-17-14-11-8-5-2/h16-17,19-21,24-26,28-29,32,34,39,42,48,51,62H,4-15,18,22-23,27,30-31,33,35-38,40-41,43-47,49-50,52-61H2,1-3H3/b19-16-,20-17-,24-21-,28-25-,29-26-,34-32-,42-39-,51-48-/t62-/m1/s1. The Morgan fingerprint density at radius 3 is 0.915 bits per heavy atom. The van der Waals surface area contributed by atoms with Gasteiger partial charge in [-0.15, -0.1) is 0 Å². The van der Waals surface area contributed by atoms with Crippen molar-refractivity contribution in [3.05, 3.63) is 97.2 Å². The molecular weight excluding hydrogens is 877 g/mol. The fourth-order valence-electron chi connectivity index (χ4n) is 8.04. The van der Waals surface area contributed by atoms with Crippen LogP contribution in [0.4, 0.5) is 0 Å². The minimum absolute atomic E-state index is 0.104. The van der Waals surface area contributed by atoms with E-state index in [1.165, 1.54) is 161 Å². The number of allylic oxidation sites excluding steroid dienone is 16. The fraction of sp³-hybridized carbons (Fsp3) is 0.708. The number of carbonyl (C=O) groups is 3. The third kappa shape index (κ3) is 57.1. The number of esters is 3. The zero-order valence-electron chi connectivity index (χ0n) is 46.5. The van der Waals surface area contributed by atoms with E-state index in [0.29, 0.717) is 19.3 Å². The largest absolute Gasteiger partial charge is 0.462 e. The van der Waals surface area contributed by atoms with Crippen molar-refractivity contribution in [2.45, 2.75) is 284 Å². The number of hydrogen-bond donors (Lipinski definition) is 0. The molecule has 1 atom stereocenters. The van der Waals surface area contributed by atoms with Gasteiger partial charge in [0.05, 0.1) is 0 Å². The lowest BCUT2D eigenvalue weighted by Gasteiger charge is -2.18. The van der Waals surface area contributed by atoms with E-state index < -0.39 is 6.10 Å². The highest BCUT2D eigenvalue weighted by atomic mass is 16.6. The summed E-state index contributed by atoms with van der Waals surface area (Å²) in [5, 5.41) is 0. The van der Waals surface area contributed by atoms with Crippen LogP contribution in [0.1, 0.15) is 278 Å². The van der Waals surface area contributed by atoms with Gasteiger partial charge in [0.2, 0.25) is 0 Å². The van der Waals surface area contributed by atoms with Gasteiger partial charge in [0.15, 0.2) is 6.10 Å². The summed E-state index contributed by atoms with van der Waals surface area (Å²) in [6.07, 6.45) is 78.3. The average molecular weight is 988 g/mol. The van der Waals surface area contributed by atoms with Crippen LogP contribution < -0.4 is 0 Å². The first-order valence-corrected chi connectivity index (χ1v) is 29.7. The lowest BCUT2D eigenvalue weighted by atomic mass is 10.1. The molecule has 6 nitrogen and oxygen atoms in total. The van der Waals surface area contributed by atoms with Crippen LogP contribution in [0, 0.1) is 0 Å². The molecule has 0 radical (unpaired) electrons. The van der Waals surface area contributed by atoms with Crippen LogP contribution in [0.15, 0.2) is 97.2 Å². The summed E-state index contributed by atoms with van der Waals surface area (Å²) >= 11 is 0. The van der Waals surface area contributed by atoms with Crippen molar-refractivity contribution < 1.29 is 28.6 Å². The molecule has 0 aliphatic rings. The molecule has 0 saturated heterocycles. The molecule has 0 heterocycles. The summed E-state index contributed by atoms with van der Waals surface area (Å²) in [7, 11) is 0. The highest BCUT2D eigenvalue weighted by Crippen LogP contribution is 2.15. The van der Waals surface area contributed by atoms with Gasteiger partial charge in [0.25, 0.3) is 0 Å². The molecule has 0 amide bonds. The molecule has 0 unspecified atom stereocenters. The Morgan fingerprint density at radius 1 is 0.282 bits per heavy atom. The first kappa shape index (κ1) is 67.3. The summed E-state index contributed by atoms with van der Waals surface area (Å²) in [6, 6.07) is 0. The SMILES string of the molecule is CCCCC/C=C\C/C=C\C/C=C\C/C=C\C/C=C\CCC(=O)OC[C@H](COC(=O)CCCCCCCCCCC/C=C\C/C=C\CCCCC)OC(=O)CCCCCCCCC/C=C\CCCCCC. The summed E-state index contributed by atoms with van der Waals surface area (Å²) in [5.41, 5.74) is 0. The molecule has 0 aliphatic carbocycles. The first-order chi connectivity index (χ1) is 35.0. The fourth-order valence-corrected chi connectivity index (χ4v) is 8.04. The van der Waals surface area contributed by atoms with E-state index in [1.807, 2.05) is 6.08 Å². The maximum atomic E-state index is 12.9. The lowest BCUT2D eigenvalue weighted by Crippen LogP contribution is -2.30. The monoisotopic (exact) mass is 987 g/mol. The Hall–Kier alpha value is -3.67. The van der Waals surface area contributed by atoms with E-state index in [0.717, 1.165) is 70.6 Å². The Morgan fingerprint density at radius 2 is 0.535 bits per heavy atom. The molecule has 0 aromatic rings. The van der Waals surface area contributed by atoms with Gasteiger partial charge >= 0.3 is 17.9 Å². The Balaban J connectivity index is 4.49. The van der Waals surface area contributed by atoms with E-state index >= 15 is 0 Å². The molecule has 406 valence electrons. The smallest absolute Gasteiger partial charge is 0.306 e. The van der Waals surface area contributed by atoms with E-state index in [-0.39, 0.29) is 37.5 Å². The number of carbonyl (C=O) groups excluding carboxylic acids is 3. The Labute approximate surface area is 438 Å². The zero-order valence-corrected chi connectivity index (χ0v) is 46.5.